The Morgan fingerprint density at radius 1 is 1.14 bits per heavy atom. The largest absolute Gasteiger partial charge is 0.396 e. The van der Waals surface area contributed by atoms with Gasteiger partial charge in [-0.15, -0.1) is 0 Å². The number of amides is 2. The van der Waals surface area contributed by atoms with Gasteiger partial charge in [0.25, 0.3) is 0 Å². The summed E-state index contributed by atoms with van der Waals surface area (Å²) in [4.78, 5) is 28.6. The van der Waals surface area contributed by atoms with Crippen molar-refractivity contribution in [1.82, 2.24) is 9.80 Å². The normalized spacial score (nSPS) is 27.0. The molecule has 0 radical (unpaired) electrons. The molecule has 2 aliphatic heterocycles. The van der Waals surface area contributed by atoms with Crippen LogP contribution in [0.25, 0.3) is 0 Å². The molecule has 5 heteroatoms. The lowest BCUT2D eigenvalue weighted by Crippen LogP contribution is -2.50. The van der Waals surface area contributed by atoms with E-state index >= 15 is 0 Å². The summed E-state index contributed by atoms with van der Waals surface area (Å²) in [5, 5.41) is 9.35. The van der Waals surface area contributed by atoms with Gasteiger partial charge in [0.1, 0.15) is 0 Å². The van der Waals surface area contributed by atoms with Gasteiger partial charge in [0.05, 0.1) is 0 Å². The van der Waals surface area contributed by atoms with Gasteiger partial charge in [-0.2, -0.15) is 0 Å². The lowest BCUT2D eigenvalue weighted by Gasteiger charge is -2.41. The van der Waals surface area contributed by atoms with Crippen LogP contribution in [0.3, 0.4) is 0 Å². The first-order valence-corrected chi connectivity index (χ1v) is 8.75. The standard InChI is InChI=1S/C17H30N2O3/c1-3-4-16(21)18-9-7-15(8-10-18)17(22)19-11-14(12-20)6-5-13(19)2/h13-15,20H,3-12H2,1-2H3. The maximum Gasteiger partial charge on any atom is 0.226 e. The fraction of sp³-hybridized carbons (Fsp3) is 0.882. The summed E-state index contributed by atoms with van der Waals surface area (Å²) in [5.41, 5.74) is 0. The van der Waals surface area contributed by atoms with Crippen molar-refractivity contribution < 1.29 is 14.7 Å². The Morgan fingerprint density at radius 3 is 2.41 bits per heavy atom. The summed E-state index contributed by atoms with van der Waals surface area (Å²) in [5.74, 6) is 0.727. The van der Waals surface area contributed by atoms with Gasteiger partial charge in [-0.25, -0.2) is 0 Å². The molecular formula is C17H30N2O3. The van der Waals surface area contributed by atoms with E-state index < -0.39 is 0 Å². The summed E-state index contributed by atoms with van der Waals surface area (Å²) in [6.45, 7) is 6.39. The Bertz CT molecular complexity index is 391. The van der Waals surface area contributed by atoms with Crippen molar-refractivity contribution in [3.8, 4) is 0 Å². The predicted octanol–water partition coefficient (Wildman–Crippen LogP) is 1.64. The van der Waals surface area contributed by atoms with Crippen LogP contribution in [0.5, 0.6) is 0 Å². The number of carbonyl (C=O) groups is 2. The molecule has 2 aliphatic rings. The second kappa shape index (κ2) is 7.95. The zero-order chi connectivity index (χ0) is 16.1. The Kier molecular flexibility index (Phi) is 6.24. The SMILES string of the molecule is CCCC(=O)N1CCC(C(=O)N2CC(CO)CCC2C)CC1. The van der Waals surface area contributed by atoms with Crippen LogP contribution in [0.1, 0.15) is 52.4 Å². The van der Waals surface area contributed by atoms with Crippen molar-refractivity contribution in [1.29, 1.82) is 0 Å². The lowest BCUT2D eigenvalue weighted by molar-refractivity contribution is -0.144. The fourth-order valence-corrected chi connectivity index (χ4v) is 3.62. The summed E-state index contributed by atoms with van der Waals surface area (Å²) < 4.78 is 0. The average Bonchev–Trinajstić information content (AvgIpc) is 2.55. The Labute approximate surface area is 133 Å². The molecule has 2 heterocycles. The Balaban J connectivity index is 1.87. The van der Waals surface area contributed by atoms with Crippen molar-refractivity contribution in [2.24, 2.45) is 11.8 Å². The summed E-state index contributed by atoms with van der Waals surface area (Å²) in [7, 11) is 0. The summed E-state index contributed by atoms with van der Waals surface area (Å²) in [6.07, 6.45) is 5.03. The molecule has 2 amide bonds. The first-order valence-electron chi connectivity index (χ1n) is 8.75. The third-order valence-corrected chi connectivity index (χ3v) is 5.18. The Morgan fingerprint density at radius 2 is 1.82 bits per heavy atom. The lowest BCUT2D eigenvalue weighted by atomic mass is 9.89. The zero-order valence-corrected chi connectivity index (χ0v) is 14.0. The van der Waals surface area contributed by atoms with E-state index in [4.69, 9.17) is 0 Å². The number of likely N-dealkylation sites (tertiary alicyclic amines) is 2. The molecule has 2 saturated heterocycles. The fourth-order valence-electron chi connectivity index (χ4n) is 3.62. The zero-order valence-electron chi connectivity index (χ0n) is 14.0. The predicted molar refractivity (Wildman–Crippen MR) is 85.2 cm³/mol. The van der Waals surface area contributed by atoms with Gasteiger partial charge in [-0.05, 0) is 44.9 Å². The number of carbonyl (C=O) groups excluding carboxylic acids is 2. The molecule has 126 valence electrons. The van der Waals surface area contributed by atoms with Gasteiger partial charge in [0.15, 0.2) is 0 Å². The average molecular weight is 310 g/mol. The third-order valence-electron chi connectivity index (χ3n) is 5.18. The van der Waals surface area contributed by atoms with Crippen molar-refractivity contribution in [2.75, 3.05) is 26.2 Å². The summed E-state index contributed by atoms with van der Waals surface area (Å²) >= 11 is 0. The van der Waals surface area contributed by atoms with Gasteiger partial charge in [0, 0.05) is 44.6 Å². The molecule has 2 unspecified atom stereocenters. The molecular weight excluding hydrogens is 280 g/mol. The second-order valence-corrected chi connectivity index (χ2v) is 6.87. The highest BCUT2D eigenvalue weighted by Crippen LogP contribution is 2.27. The molecule has 1 N–H and O–H groups in total. The quantitative estimate of drug-likeness (QED) is 0.859. The number of nitrogens with zero attached hydrogens (tertiary/aromatic N) is 2. The van der Waals surface area contributed by atoms with Crippen LogP contribution in [-0.4, -0.2) is 59.0 Å². The van der Waals surface area contributed by atoms with Crippen LogP contribution in [0.15, 0.2) is 0 Å². The molecule has 2 atom stereocenters. The molecule has 5 nitrogen and oxygen atoms in total. The number of aliphatic hydroxyl groups is 1. The highest BCUT2D eigenvalue weighted by Gasteiger charge is 2.34. The van der Waals surface area contributed by atoms with Gasteiger partial charge in [0.2, 0.25) is 11.8 Å². The van der Waals surface area contributed by atoms with E-state index in [0.29, 0.717) is 26.1 Å². The molecule has 0 spiro atoms. The monoisotopic (exact) mass is 310 g/mol. The number of aliphatic hydroxyl groups excluding tert-OH is 1. The molecule has 0 aliphatic carbocycles. The van der Waals surface area contributed by atoms with E-state index in [1.54, 1.807) is 0 Å². The van der Waals surface area contributed by atoms with E-state index in [1.807, 2.05) is 16.7 Å². The van der Waals surface area contributed by atoms with Crippen LogP contribution in [-0.2, 0) is 9.59 Å². The highest BCUT2D eigenvalue weighted by molar-refractivity contribution is 5.80. The van der Waals surface area contributed by atoms with Crippen LogP contribution in [0.4, 0.5) is 0 Å². The number of hydrogen-bond donors (Lipinski definition) is 1. The minimum atomic E-state index is 0.0468. The number of rotatable bonds is 4. The van der Waals surface area contributed by atoms with E-state index in [-0.39, 0.29) is 36.3 Å². The van der Waals surface area contributed by atoms with E-state index in [0.717, 1.165) is 32.1 Å². The van der Waals surface area contributed by atoms with Crippen molar-refractivity contribution >= 4 is 11.8 Å². The van der Waals surface area contributed by atoms with Crippen LogP contribution in [0, 0.1) is 11.8 Å². The number of hydrogen-bond acceptors (Lipinski definition) is 3. The van der Waals surface area contributed by atoms with Gasteiger partial charge < -0.3 is 14.9 Å². The molecule has 0 aromatic heterocycles. The molecule has 0 aromatic carbocycles. The van der Waals surface area contributed by atoms with Crippen LogP contribution in [0.2, 0.25) is 0 Å². The van der Waals surface area contributed by atoms with Crippen molar-refractivity contribution in [3.63, 3.8) is 0 Å². The number of piperidine rings is 2. The van der Waals surface area contributed by atoms with E-state index in [9.17, 15) is 14.7 Å². The first kappa shape index (κ1) is 17.3. The minimum absolute atomic E-state index is 0.0468. The van der Waals surface area contributed by atoms with Crippen LogP contribution < -0.4 is 0 Å². The third kappa shape index (κ3) is 4.00. The highest BCUT2D eigenvalue weighted by atomic mass is 16.3. The smallest absolute Gasteiger partial charge is 0.226 e. The maximum absolute atomic E-state index is 12.8. The van der Waals surface area contributed by atoms with Gasteiger partial charge >= 0.3 is 0 Å². The topological polar surface area (TPSA) is 60.9 Å². The minimum Gasteiger partial charge on any atom is -0.396 e. The Hall–Kier alpha value is -1.10. The first-order chi connectivity index (χ1) is 10.6. The molecule has 0 bridgehead atoms. The van der Waals surface area contributed by atoms with E-state index in [2.05, 4.69) is 6.92 Å². The molecule has 0 aromatic rings. The molecule has 22 heavy (non-hydrogen) atoms. The van der Waals surface area contributed by atoms with Crippen LogP contribution >= 0.6 is 0 Å². The molecule has 2 fully saturated rings. The summed E-state index contributed by atoms with van der Waals surface area (Å²) in [6, 6.07) is 0.273. The molecule has 2 rings (SSSR count). The van der Waals surface area contributed by atoms with Gasteiger partial charge in [-0.3, -0.25) is 9.59 Å². The van der Waals surface area contributed by atoms with E-state index in [1.165, 1.54) is 0 Å². The molecule has 0 saturated carbocycles. The second-order valence-electron chi connectivity index (χ2n) is 6.87. The maximum atomic E-state index is 12.8. The van der Waals surface area contributed by atoms with Crippen molar-refractivity contribution in [3.05, 3.63) is 0 Å². The van der Waals surface area contributed by atoms with Crippen molar-refractivity contribution in [2.45, 2.75) is 58.4 Å². The van der Waals surface area contributed by atoms with Gasteiger partial charge in [-0.1, -0.05) is 6.92 Å².